The van der Waals surface area contributed by atoms with E-state index in [0.29, 0.717) is 10.0 Å². The third-order valence-corrected chi connectivity index (χ3v) is 3.88. The maximum atomic E-state index is 13.9. The molecular formula is C14H16BrFN2. The van der Waals surface area contributed by atoms with Crippen molar-refractivity contribution in [2.24, 2.45) is 0 Å². The molecule has 96 valence electrons. The van der Waals surface area contributed by atoms with Gasteiger partial charge in [-0.2, -0.15) is 5.26 Å². The van der Waals surface area contributed by atoms with Crippen LogP contribution < -0.4 is 0 Å². The van der Waals surface area contributed by atoms with Gasteiger partial charge in [-0.05, 0) is 38.1 Å². The summed E-state index contributed by atoms with van der Waals surface area (Å²) in [5.74, 6) is -0.305. The molecular weight excluding hydrogens is 295 g/mol. The van der Waals surface area contributed by atoms with Crippen LogP contribution in [0.15, 0.2) is 22.7 Å². The maximum absolute atomic E-state index is 13.9. The first-order valence-electron chi connectivity index (χ1n) is 6.31. The van der Waals surface area contributed by atoms with Gasteiger partial charge in [-0.3, -0.25) is 4.90 Å². The second-order valence-electron chi connectivity index (χ2n) is 4.65. The van der Waals surface area contributed by atoms with Crippen molar-refractivity contribution >= 4 is 15.9 Å². The van der Waals surface area contributed by atoms with Crippen molar-refractivity contribution in [2.75, 3.05) is 13.1 Å². The Labute approximate surface area is 116 Å². The zero-order chi connectivity index (χ0) is 13.0. The van der Waals surface area contributed by atoms with E-state index >= 15 is 0 Å². The summed E-state index contributed by atoms with van der Waals surface area (Å²) in [6, 6.07) is 6.71. The summed E-state index contributed by atoms with van der Waals surface area (Å²) in [4.78, 5) is 2.10. The summed E-state index contributed by atoms with van der Waals surface area (Å²) < 4.78 is 14.6. The molecule has 1 aliphatic heterocycles. The number of likely N-dealkylation sites (tertiary alicyclic amines) is 1. The fourth-order valence-electron chi connectivity index (χ4n) is 2.42. The molecule has 1 atom stereocenters. The van der Waals surface area contributed by atoms with Crippen LogP contribution in [0.25, 0.3) is 0 Å². The van der Waals surface area contributed by atoms with Crippen LogP contribution >= 0.6 is 15.9 Å². The number of hydrogen-bond acceptors (Lipinski definition) is 2. The van der Waals surface area contributed by atoms with Gasteiger partial charge in [-0.1, -0.05) is 34.8 Å². The smallest absolute Gasteiger partial charge is 0.130 e. The molecule has 0 aliphatic carbocycles. The molecule has 1 unspecified atom stereocenters. The fourth-order valence-corrected chi connectivity index (χ4v) is 2.76. The highest BCUT2D eigenvalue weighted by molar-refractivity contribution is 9.10. The van der Waals surface area contributed by atoms with Crippen LogP contribution in [0.3, 0.4) is 0 Å². The Kier molecular flexibility index (Phi) is 4.73. The highest BCUT2D eigenvalue weighted by Crippen LogP contribution is 2.27. The normalized spacial score (nSPS) is 18.9. The average molecular weight is 311 g/mol. The van der Waals surface area contributed by atoms with Crippen LogP contribution in [0.1, 0.15) is 37.3 Å². The summed E-state index contributed by atoms with van der Waals surface area (Å²) >= 11 is 3.24. The molecule has 0 aromatic heterocycles. The second kappa shape index (κ2) is 6.31. The van der Waals surface area contributed by atoms with E-state index in [4.69, 9.17) is 0 Å². The van der Waals surface area contributed by atoms with Crippen LogP contribution in [0.5, 0.6) is 0 Å². The van der Waals surface area contributed by atoms with E-state index in [1.165, 1.54) is 18.9 Å². The molecule has 1 aliphatic rings. The molecule has 1 aromatic carbocycles. The molecule has 0 N–H and O–H groups in total. The molecule has 1 aromatic rings. The number of nitriles is 1. The SMILES string of the molecule is N#CC(c1ccc(Br)cc1F)N1CCCCCC1. The Hall–Kier alpha value is -0.920. The Bertz CT molecular complexity index is 448. The number of hydrogen-bond donors (Lipinski definition) is 0. The first-order chi connectivity index (χ1) is 8.72. The first-order valence-corrected chi connectivity index (χ1v) is 7.10. The van der Waals surface area contributed by atoms with Gasteiger partial charge in [0.2, 0.25) is 0 Å². The van der Waals surface area contributed by atoms with Crippen LogP contribution in [0.4, 0.5) is 4.39 Å². The zero-order valence-electron chi connectivity index (χ0n) is 10.2. The average Bonchev–Trinajstić information content (AvgIpc) is 2.62. The van der Waals surface area contributed by atoms with E-state index in [1.807, 2.05) is 0 Å². The van der Waals surface area contributed by atoms with Gasteiger partial charge >= 0.3 is 0 Å². The Balaban J connectivity index is 2.24. The van der Waals surface area contributed by atoms with E-state index in [2.05, 4.69) is 26.9 Å². The summed E-state index contributed by atoms with van der Waals surface area (Å²) in [6.07, 6.45) is 4.60. The predicted octanol–water partition coefficient (Wildman–Crippen LogP) is 4.03. The lowest BCUT2D eigenvalue weighted by atomic mass is 10.1. The van der Waals surface area contributed by atoms with Gasteiger partial charge in [0.15, 0.2) is 0 Å². The first kappa shape index (κ1) is 13.5. The molecule has 1 fully saturated rings. The van der Waals surface area contributed by atoms with Crippen molar-refractivity contribution in [3.05, 3.63) is 34.1 Å². The van der Waals surface area contributed by atoms with Gasteiger partial charge in [-0.25, -0.2) is 4.39 Å². The highest BCUT2D eigenvalue weighted by atomic mass is 79.9. The molecule has 2 nitrogen and oxygen atoms in total. The zero-order valence-corrected chi connectivity index (χ0v) is 11.8. The number of nitrogens with zero attached hydrogens (tertiary/aromatic N) is 2. The van der Waals surface area contributed by atoms with Gasteiger partial charge in [0.1, 0.15) is 11.9 Å². The van der Waals surface area contributed by atoms with Crippen molar-refractivity contribution < 1.29 is 4.39 Å². The van der Waals surface area contributed by atoms with Crippen molar-refractivity contribution in [3.63, 3.8) is 0 Å². The van der Waals surface area contributed by atoms with E-state index in [9.17, 15) is 9.65 Å². The Morgan fingerprint density at radius 1 is 1.22 bits per heavy atom. The van der Waals surface area contributed by atoms with Crippen molar-refractivity contribution in [2.45, 2.75) is 31.7 Å². The Morgan fingerprint density at radius 2 is 1.89 bits per heavy atom. The second-order valence-corrected chi connectivity index (χ2v) is 5.56. The number of halogens is 2. The topological polar surface area (TPSA) is 27.0 Å². The molecule has 18 heavy (non-hydrogen) atoms. The maximum Gasteiger partial charge on any atom is 0.130 e. The third kappa shape index (κ3) is 3.09. The van der Waals surface area contributed by atoms with Gasteiger partial charge in [0, 0.05) is 10.0 Å². The lowest BCUT2D eigenvalue weighted by molar-refractivity contribution is 0.241. The molecule has 0 bridgehead atoms. The standard InChI is InChI=1S/C14H16BrFN2/c15-11-5-6-12(13(16)9-11)14(10-17)18-7-3-1-2-4-8-18/h5-6,9,14H,1-4,7-8H2. The predicted molar refractivity (Wildman–Crippen MR) is 72.5 cm³/mol. The summed E-state index contributed by atoms with van der Waals surface area (Å²) in [6.45, 7) is 1.77. The molecule has 2 rings (SSSR count). The highest BCUT2D eigenvalue weighted by Gasteiger charge is 2.23. The monoisotopic (exact) mass is 310 g/mol. The van der Waals surface area contributed by atoms with Crippen LogP contribution in [0.2, 0.25) is 0 Å². The minimum atomic E-state index is -0.462. The molecule has 0 amide bonds. The molecule has 0 spiro atoms. The van der Waals surface area contributed by atoms with E-state index in [1.54, 1.807) is 12.1 Å². The third-order valence-electron chi connectivity index (χ3n) is 3.39. The Morgan fingerprint density at radius 3 is 2.44 bits per heavy atom. The van der Waals surface area contributed by atoms with Crippen LogP contribution in [-0.4, -0.2) is 18.0 Å². The molecule has 0 saturated carbocycles. The molecule has 4 heteroatoms. The lowest BCUT2D eigenvalue weighted by Gasteiger charge is -2.25. The van der Waals surface area contributed by atoms with Gasteiger partial charge in [0.05, 0.1) is 6.07 Å². The number of rotatable bonds is 2. The quantitative estimate of drug-likeness (QED) is 0.824. The fraction of sp³-hybridized carbons (Fsp3) is 0.500. The van der Waals surface area contributed by atoms with Crippen LogP contribution in [0, 0.1) is 17.1 Å². The van der Waals surface area contributed by atoms with Crippen LogP contribution in [-0.2, 0) is 0 Å². The largest absolute Gasteiger partial charge is 0.284 e. The summed E-state index contributed by atoms with van der Waals surface area (Å²) in [5, 5.41) is 9.35. The molecule has 1 heterocycles. The van der Waals surface area contributed by atoms with E-state index in [0.717, 1.165) is 25.9 Å². The van der Waals surface area contributed by atoms with E-state index in [-0.39, 0.29) is 5.82 Å². The van der Waals surface area contributed by atoms with Crippen molar-refractivity contribution in [3.8, 4) is 6.07 Å². The minimum Gasteiger partial charge on any atom is -0.284 e. The van der Waals surface area contributed by atoms with Gasteiger partial charge in [0.25, 0.3) is 0 Å². The van der Waals surface area contributed by atoms with Gasteiger partial charge < -0.3 is 0 Å². The van der Waals surface area contributed by atoms with Crippen molar-refractivity contribution in [1.82, 2.24) is 4.90 Å². The lowest BCUT2D eigenvalue weighted by Crippen LogP contribution is -2.29. The van der Waals surface area contributed by atoms with E-state index < -0.39 is 6.04 Å². The molecule has 1 saturated heterocycles. The summed E-state index contributed by atoms with van der Waals surface area (Å²) in [7, 11) is 0. The van der Waals surface area contributed by atoms with Crippen molar-refractivity contribution in [1.29, 1.82) is 5.26 Å². The minimum absolute atomic E-state index is 0.305. The van der Waals surface area contributed by atoms with Gasteiger partial charge in [-0.15, -0.1) is 0 Å². The summed E-state index contributed by atoms with van der Waals surface area (Å²) in [5.41, 5.74) is 0.489. The molecule has 0 radical (unpaired) electrons. The number of benzene rings is 1.